The summed E-state index contributed by atoms with van der Waals surface area (Å²) in [7, 11) is 1.29. The maximum absolute atomic E-state index is 13.9. The number of halogens is 2. The van der Waals surface area contributed by atoms with Gasteiger partial charge in [-0.2, -0.15) is 4.98 Å². The van der Waals surface area contributed by atoms with E-state index in [2.05, 4.69) is 20.6 Å². The molecule has 0 saturated heterocycles. The predicted molar refractivity (Wildman–Crippen MR) is 97.5 cm³/mol. The first-order chi connectivity index (χ1) is 13.0. The number of hydrogen-bond acceptors (Lipinski definition) is 6. The fourth-order valence-corrected chi connectivity index (χ4v) is 2.42. The van der Waals surface area contributed by atoms with E-state index in [1.54, 1.807) is 37.3 Å². The van der Waals surface area contributed by atoms with E-state index in [4.69, 9.17) is 4.74 Å². The van der Waals surface area contributed by atoms with Crippen molar-refractivity contribution < 1.29 is 18.3 Å². The van der Waals surface area contributed by atoms with Gasteiger partial charge in [-0.3, -0.25) is 0 Å². The van der Waals surface area contributed by atoms with E-state index in [0.717, 1.165) is 12.1 Å². The van der Waals surface area contributed by atoms with Crippen molar-refractivity contribution in [2.45, 2.75) is 6.92 Å². The minimum Gasteiger partial charge on any atom is -0.465 e. The number of anilines is 4. The lowest BCUT2D eigenvalue weighted by Crippen LogP contribution is -2.08. The molecule has 27 heavy (non-hydrogen) atoms. The zero-order chi connectivity index (χ0) is 19.4. The Morgan fingerprint density at radius 2 is 1.78 bits per heavy atom. The summed E-state index contributed by atoms with van der Waals surface area (Å²) in [6.07, 6.45) is 0. The number of rotatable bonds is 5. The molecule has 2 aromatic carbocycles. The minimum absolute atomic E-state index is 0.0791. The van der Waals surface area contributed by atoms with Crippen LogP contribution in [0.5, 0.6) is 0 Å². The first kappa shape index (κ1) is 18.2. The van der Waals surface area contributed by atoms with Crippen molar-refractivity contribution >= 4 is 29.1 Å². The molecule has 3 aromatic rings. The van der Waals surface area contributed by atoms with Crippen molar-refractivity contribution in [2.24, 2.45) is 0 Å². The van der Waals surface area contributed by atoms with E-state index in [9.17, 15) is 13.6 Å². The Hall–Kier alpha value is -3.55. The molecule has 0 fully saturated rings. The topological polar surface area (TPSA) is 76.1 Å². The van der Waals surface area contributed by atoms with Crippen LogP contribution in [0, 0.1) is 18.6 Å². The van der Waals surface area contributed by atoms with Crippen LogP contribution in [0.4, 0.5) is 31.9 Å². The van der Waals surface area contributed by atoms with E-state index < -0.39 is 17.6 Å². The van der Waals surface area contributed by atoms with Gasteiger partial charge in [0.05, 0.1) is 24.0 Å². The third kappa shape index (κ3) is 4.35. The van der Waals surface area contributed by atoms with Crippen LogP contribution in [0.3, 0.4) is 0 Å². The summed E-state index contributed by atoms with van der Waals surface area (Å²) in [6, 6.07) is 11.6. The van der Waals surface area contributed by atoms with Crippen molar-refractivity contribution in [1.82, 2.24) is 9.97 Å². The summed E-state index contributed by atoms with van der Waals surface area (Å²) in [6.45, 7) is 1.74. The molecule has 0 spiro atoms. The Morgan fingerprint density at radius 3 is 2.52 bits per heavy atom. The van der Waals surface area contributed by atoms with E-state index in [-0.39, 0.29) is 11.6 Å². The number of nitrogens with zero attached hydrogens (tertiary/aromatic N) is 2. The molecule has 6 nitrogen and oxygen atoms in total. The van der Waals surface area contributed by atoms with E-state index in [0.29, 0.717) is 22.8 Å². The molecule has 1 aromatic heterocycles. The predicted octanol–water partition coefficient (Wildman–Crippen LogP) is 4.34. The van der Waals surface area contributed by atoms with Crippen molar-refractivity contribution in [1.29, 1.82) is 0 Å². The molecule has 0 radical (unpaired) electrons. The highest BCUT2D eigenvalue weighted by Crippen LogP contribution is 2.23. The Morgan fingerprint density at radius 1 is 1.00 bits per heavy atom. The van der Waals surface area contributed by atoms with Gasteiger partial charge in [0.25, 0.3) is 0 Å². The third-order valence-corrected chi connectivity index (χ3v) is 3.63. The Balaban J connectivity index is 1.89. The zero-order valence-corrected chi connectivity index (χ0v) is 14.6. The van der Waals surface area contributed by atoms with Crippen molar-refractivity contribution in [3.63, 3.8) is 0 Å². The number of para-hydroxylation sites is 1. The molecule has 2 N–H and O–H groups in total. The second-order valence-corrected chi connectivity index (χ2v) is 5.63. The number of carbonyl (C=O) groups is 1. The summed E-state index contributed by atoms with van der Waals surface area (Å²) in [5, 5.41) is 5.75. The van der Waals surface area contributed by atoms with Gasteiger partial charge in [0.15, 0.2) is 0 Å². The highest BCUT2D eigenvalue weighted by Gasteiger charge is 2.13. The monoisotopic (exact) mass is 370 g/mol. The summed E-state index contributed by atoms with van der Waals surface area (Å²) in [5.74, 6) is -1.39. The standard InChI is InChI=1S/C19H16F2N4O2/c1-11-9-17(23-16-8-7-12(20)10-14(16)21)25-19(22-11)24-15-6-4-3-5-13(15)18(26)27-2/h3-10H,1-2H3,(H2,22,23,24,25). The summed E-state index contributed by atoms with van der Waals surface area (Å²) in [5.41, 5.74) is 1.47. The van der Waals surface area contributed by atoms with Crippen LogP contribution in [0.25, 0.3) is 0 Å². The first-order valence-corrected chi connectivity index (χ1v) is 7.98. The lowest BCUT2D eigenvalue weighted by Gasteiger charge is -2.12. The number of benzene rings is 2. The molecule has 0 bridgehead atoms. The van der Waals surface area contributed by atoms with Gasteiger partial charge in [0.1, 0.15) is 17.5 Å². The molecule has 0 amide bonds. The van der Waals surface area contributed by atoms with Gasteiger partial charge in [-0.25, -0.2) is 18.6 Å². The average molecular weight is 370 g/mol. The maximum atomic E-state index is 13.9. The molecule has 0 aliphatic carbocycles. The maximum Gasteiger partial charge on any atom is 0.339 e. The lowest BCUT2D eigenvalue weighted by atomic mass is 10.2. The van der Waals surface area contributed by atoms with Crippen LogP contribution >= 0.6 is 0 Å². The fraction of sp³-hybridized carbons (Fsp3) is 0.105. The Labute approximate surface area is 154 Å². The molecule has 0 saturated carbocycles. The lowest BCUT2D eigenvalue weighted by molar-refractivity contribution is 0.0602. The molecule has 0 aliphatic rings. The van der Waals surface area contributed by atoms with Crippen LogP contribution in [-0.4, -0.2) is 23.0 Å². The third-order valence-electron chi connectivity index (χ3n) is 3.63. The van der Waals surface area contributed by atoms with Crippen LogP contribution in [0.2, 0.25) is 0 Å². The van der Waals surface area contributed by atoms with Gasteiger partial charge in [0.2, 0.25) is 5.95 Å². The first-order valence-electron chi connectivity index (χ1n) is 7.98. The number of carbonyl (C=O) groups excluding carboxylic acids is 1. The minimum atomic E-state index is -0.739. The molecule has 8 heteroatoms. The number of esters is 1. The van der Waals surface area contributed by atoms with Gasteiger partial charge in [-0.15, -0.1) is 0 Å². The van der Waals surface area contributed by atoms with Crippen LogP contribution in [0.15, 0.2) is 48.5 Å². The molecule has 0 aliphatic heterocycles. The van der Waals surface area contributed by atoms with Crippen molar-refractivity contribution in [3.05, 3.63) is 71.4 Å². The van der Waals surface area contributed by atoms with Crippen molar-refractivity contribution in [3.8, 4) is 0 Å². The van der Waals surface area contributed by atoms with Crippen molar-refractivity contribution in [2.75, 3.05) is 17.7 Å². The summed E-state index contributed by atoms with van der Waals surface area (Å²) in [4.78, 5) is 20.4. The zero-order valence-electron chi connectivity index (χ0n) is 14.6. The van der Waals surface area contributed by atoms with Gasteiger partial charge in [-0.05, 0) is 31.2 Å². The summed E-state index contributed by atoms with van der Waals surface area (Å²) < 4.78 is 31.7. The van der Waals surface area contributed by atoms with Crippen LogP contribution in [0.1, 0.15) is 16.1 Å². The second kappa shape index (κ2) is 7.77. The van der Waals surface area contributed by atoms with Gasteiger partial charge in [-0.1, -0.05) is 12.1 Å². The molecule has 138 valence electrons. The Kier molecular flexibility index (Phi) is 5.25. The largest absolute Gasteiger partial charge is 0.465 e. The second-order valence-electron chi connectivity index (χ2n) is 5.63. The SMILES string of the molecule is COC(=O)c1ccccc1Nc1nc(C)cc(Nc2ccc(F)cc2F)n1. The molecule has 0 atom stereocenters. The van der Waals surface area contributed by atoms with Crippen LogP contribution in [-0.2, 0) is 4.74 Å². The smallest absolute Gasteiger partial charge is 0.339 e. The van der Waals surface area contributed by atoms with E-state index in [1.165, 1.54) is 13.2 Å². The van der Waals surface area contributed by atoms with E-state index in [1.807, 2.05) is 0 Å². The van der Waals surface area contributed by atoms with Gasteiger partial charge < -0.3 is 15.4 Å². The Bertz CT molecular complexity index is 995. The molecule has 1 heterocycles. The van der Waals surface area contributed by atoms with Crippen LogP contribution < -0.4 is 10.6 Å². The molecule has 0 unspecified atom stereocenters. The molecular formula is C19H16F2N4O2. The van der Waals surface area contributed by atoms with Gasteiger partial charge in [0, 0.05) is 17.8 Å². The number of methoxy groups -OCH3 is 1. The number of hydrogen-bond donors (Lipinski definition) is 2. The quantitative estimate of drug-likeness (QED) is 0.651. The molecular weight excluding hydrogens is 354 g/mol. The average Bonchev–Trinajstić information content (AvgIpc) is 2.63. The number of ether oxygens (including phenoxy) is 1. The highest BCUT2D eigenvalue weighted by molar-refractivity contribution is 5.96. The molecule has 3 rings (SSSR count). The highest BCUT2D eigenvalue weighted by atomic mass is 19.1. The summed E-state index contributed by atoms with van der Waals surface area (Å²) >= 11 is 0. The van der Waals surface area contributed by atoms with Gasteiger partial charge >= 0.3 is 5.97 Å². The number of nitrogens with one attached hydrogen (secondary N) is 2. The fourth-order valence-electron chi connectivity index (χ4n) is 2.42. The number of aromatic nitrogens is 2. The normalized spacial score (nSPS) is 10.4. The number of aryl methyl sites for hydroxylation is 1. The van der Waals surface area contributed by atoms with E-state index >= 15 is 0 Å².